The lowest BCUT2D eigenvalue weighted by Gasteiger charge is -2.29. The number of benzene rings is 2. The fraction of sp³-hybridized carbons (Fsp3) is 0.185. The summed E-state index contributed by atoms with van der Waals surface area (Å²) < 4.78 is 46.6. The number of esters is 1. The summed E-state index contributed by atoms with van der Waals surface area (Å²) in [7, 11) is 0. The number of hydrogen-bond donors (Lipinski definition) is 1. The van der Waals surface area contributed by atoms with Crippen molar-refractivity contribution < 1.29 is 32.3 Å². The van der Waals surface area contributed by atoms with E-state index < -0.39 is 29.5 Å². The number of rotatable bonds is 5. The van der Waals surface area contributed by atoms with Crippen molar-refractivity contribution in [2.45, 2.75) is 26.9 Å². The van der Waals surface area contributed by atoms with E-state index in [-0.39, 0.29) is 23.0 Å². The highest BCUT2D eigenvalue weighted by Gasteiger charge is 2.37. The molecule has 38 heavy (non-hydrogen) atoms. The van der Waals surface area contributed by atoms with Gasteiger partial charge in [-0.25, -0.2) is 4.79 Å². The van der Waals surface area contributed by atoms with Crippen LogP contribution < -0.4 is 10.2 Å². The standard InChI is InChI=1S/C27H22F3N3O4S/c1-4-37-25(36)17-8-10-20(11-9-17)32-15(2)12-18(16(32)3)13-22-23(34)31-26(38)33(24(22)35)21-7-5-6-19(14-21)27(28,29)30/h5-14H,4H2,1-3H3,(H,31,34,38)/b22-13+. The number of anilines is 1. The molecule has 0 unspecified atom stereocenters. The molecule has 1 saturated heterocycles. The number of ether oxygens (including phenoxy) is 1. The predicted octanol–water partition coefficient (Wildman–Crippen LogP) is 5.12. The van der Waals surface area contributed by atoms with E-state index in [0.717, 1.165) is 34.5 Å². The third-order valence-corrected chi connectivity index (χ3v) is 6.22. The molecule has 2 heterocycles. The van der Waals surface area contributed by atoms with Gasteiger partial charge in [0.25, 0.3) is 11.8 Å². The van der Waals surface area contributed by atoms with Gasteiger partial charge >= 0.3 is 12.1 Å². The zero-order chi connectivity index (χ0) is 27.8. The molecule has 0 spiro atoms. The van der Waals surface area contributed by atoms with E-state index in [1.54, 1.807) is 44.2 Å². The minimum atomic E-state index is -4.62. The van der Waals surface area contributed by atoms with E-state index in [1.807, 2.05) is 11.5 Å². The van der Waals surface area contributed by atoms with Crippen LogP contribution in [0.2, 0.25) is 0 Å². The van der Waals surface area contributed by atoms with Crippen LogP contribution in [0.5, 0.6) is 0 Å². The van der Waals surface area contributed by atoms with E-state index in [2.05, 4.69) is 5.32 Å². The van der Waals surface area contributed by atoms with Crippen LogP contribution >= 0.6 is 12.2 Å². The van der Waals surface area contributed by atoms with Gasteiger partial charge in [-0.2, -0.15) is 13.2 Å². The van der Waals surface area contributed by atoms with E-state index in [0.29, 0.717) is 16.8 Å². The molecule has 1 aliphatic heterocycles. The van der Waals surface area contributed by atoms with Gasteiger partial charge in [0.15, 0.2) is 5.11 Å². The van der Waals surface area contributed by atoms with Gasteiger partial charge in [0.2, 0.25) is 0 Å². The number of nitrogens with one attached hydrogen (secondary N) is 1. The number of hydrogen-bond acceptors (Lipinski definition) is 5. The maximum Gasteiger partial charge on any atom is 0.416 e. The van der Waals surface area contributed by atoms with E-state index >= 15 is 0 Å². The largest absolute Gasteiger partial charge is 0.462 e. The van der Waals surface area contributed by atoms with Gasteiger partial charge in [0.05, 0.1) is 23.4 Å². The summed E-state index contributed by atoms with van der Waals surface area (Å²) in [5.41, 5.74) is 1.81. The predicted molar refractivity (Wildman–Crippen MR) is 139 cm³/mol. The molecular formula is C27H22F3N3O4S. The molecule has 1 aliphatic rings. The molecule has 196 valence electrons. The van der Waals surface area contributed by atoms with E-state index in [9.17, 15) is 27.6 Å². The molecule has 0 bridgehead atoms. The minimum Gasteiger partial charge on any atom is -0.462 e. The number of amides is 2. The quantitative estimate of drug-likeness (QED) is 0.210. The summed E-state index contributed by atoms with van der Waals surface area (Å²) in [6.45, 7) is 5.61. The van der Waals surface area contributed by atoms with Gasteiger partial charge in [0, 0.05) is 17.1 Å². The Morgan fingerprint density at radius 1 is 1.05 bits per heavy atom. The molecule has 1 N–H and O–H groups in total. The fourth-order valence-corrected chi connectivity index (χ4v) is 4.44. The number of aromatic nitrogens is 1. The second-order valence-electron chi connectivity index (χ2n) is 8.44. The summed E-state index contributed by atoms with van der Waals surface area (Å²) in [5.74, 6) is -2.04. The molecule has 1 aromatic heterocycles. The first-order valence-electron chi connectivity index (χ1n) is 11.5. The van der Waals surface area contributed by atoms with Gasteiger partial charge in [-0.3, -0.25) is 19.8 Å². The van der Waals surface area contributed by atoms with Crippen LogP contribution in [0.15, 0.2) is 60.2 Å². The molecule has 3 aromatic rings. The lowest BCUT2D eigenvalue weighted by molar-refractivity contribution is -0.137. The van der Waals surface area contributed by atoms with Crippen molar-refractivity contribution in [3.63, 3.8) is 0 Å². The summed E-state index contributed by atoms with van der Waals surface area (Å²) in [6, 6.07) is 12.7. The number of alkyl halides is 3. The van der Waals surface area contributed by atoms with Crippen molar-refractivity contribution in [3.8, 4) is 5.69 Å². The Bertz CT molecular complexity index is 1490. The first kappa shape index (κ1) is 26.8. The maximum atomic E-state index is 13.3. The highest BCUT2D eigenvalue weighted by atomic mass is 32.1. The molecule has 0 aliphatic carbocycles. The number of thiocarbonyl (C=S) groups is 1. The van der Waals surface area contributed by atoms with Crippen molar-refractivity contribution in [2.75, 3.05) is 11.5 Å². The smallest absolute Gasteiger partial charge is 0.416 e. The maximum absolute atomic E-state index is 13.3. The zero-order valence-electron chi connectivity index (χ0n) is 20.6. The molecule has 2 amide bonds. The molecule has 0 saturated carbocycles. The Hall–Kier alpha value is -4.25. The molecule has 11 heteroatoms. The van der Waals surface area contributed by atoms with Crippen LogP contribution in [0.3, 0.4) is 0 Å². The number of carbonyl (C=O) groups is 3. The lowest BCUT2D eigenvalue weighted by atomic mass is 10.1. The molecular weight excluding hydrogens is 519 g/mol. The lowest BCUT2D eigenvalue weighted by Crippen LogP contribution is -2.54. The van der Waals surface area contributed by atoms with Crippen molar-refractivity contribution >= 4 is 46.9 Å². The monoisotopic (exact) mass is 541 g/mol. The summed E-state index contributed by atoms with van der Waals surface area (Å²) in [5, 5.41) is 2.07. The molecule has 7 nitrogen and oxygen atoms in total. The van der Waals surface area contributed by atoms with Crippen LogP contribution in [0.1, 0.15) is 39.8 Å². The van der Waals surface area contributed by atoms with Gasteiger partial charge < -0.3 is 9.30 Å². The number of carbonyl (C=O) groups excluding carboxylic acids is 3. The number of halogens is 3. The Kier molecular flexibility index (Phi) is 7.23. The van der Waals surface area contributed by atoms with Gasteiger partial charge in [-0.15, -0.1) is 0 Å². The second-order valence-corrected chi connectivity index (χ2v) is 8.82. The molecule has 4 rings (SSSR count). The summed E-state index contributed by atoms with van der Waals surface area (Å²) in [4.78, 5) is 38.8. The van der Waals surface area contributed by atoms with Crippen molar-refractivity contribution in [2.24, 2.45) is 0 Å². The van der Waals surface area contributed by atoms with Crippen LogP contribution in [0.4, 0.5) is 18.9 Å². The molecule has 0 atom stereocenters. The van der Waals surface area contributed by atoms with Crippen LogP contribution in [-0.2, 0) is 20.5 Å². The Labute approximate surface area is 221 Å². The zero-order valence-corrected chi connectivity index (χ0v) is 21.4. The fourth-order valence-electron chi connectivity index (χ4n) is 4.16. The SMILES string of the molecule is CCOC(=O)c1ccc(-n2c(C)cc(/C=C3\C(=O)NC(=S)N(c4cccc(C(F)(F)F)c4)C3=O)c2C)cc1. The molecule has 1 fully saturated rings. The number of nitrogens with zero attached hydrogens (tertiary/aromatic N) is 2. The van der Waals surface area contributed by atoms with E-state index in [1.165, 1.54) is 12.1 Å². The average Bonchev–Trinajstić information content (AvgIpc) is 3.14. The minimum absolute atomic E-state index is 0.118. The third kappa shape index (κ3) is 5.10. The topological polar surface area (TPSA) is 80.6 Å². The van der Waals surface area contributed by atoms with Crippen LogP contribution in [0, 0.1) is 13.8 Å². The first-order chi connectivity index (χ1) is 17.9. The highest BCUT2D eigenvalue weighted by Crippen LogP contribution is 2.33. The normalized spacial score (nSPS) is 15.2. The van der Waals surface area contributed by atoms with Crippen LogP contribution in [0.25, 0.3) is 11.8 Å². The Balaban J connectivity index is 1.70. The van der Waals surface area contributed by atoms with Crippen molar-refractivity contribution in [1.82, 2.24) is 9.88 Å². The average molecular weight is 542 g/mol. The third-order valence-electron chi connectivity index (χ3n) is 5.94. The summed E-state index contributed by atoms with van der Waals surface area (Å²) in [6.07, 6.45) is -3.24. The second kappa shape index (κ2) is 10.3. The molecule has 2 aromatic carbocycles. The Morgan fingerprint density at radius 2 is 1.74 bits per heavy atom. The van der Waals surface area contributed by atoms with Gasteiger partial charge in [-0.1, -0.05) is 6.07 Å². The highest BCUT2D eigenvalue weighted by molar-refractivity contribution is 7.80. The van der Waals surface area contributed by atoms with Crippen LogP contribution in [-0.4, -0.2) is 34.1 Å². The first-order valence-corrected chi connectivity index (χ1v) is 11.9. The van der Waals surface area contributed by atoms with Crippen molar-refractivity contribution in [3.05, 3.63) is 88.2 Å². The van der Waals surface area contributed by atoms with Crippen molar-refractivity contribution in [1.29, 1.82) is 0 Å². The molecule has 0 radical (unpaired) electrons. The van der Waals surface area contributed by atoms with Gasteiger partial charge in [-0.05, 0) is 93.2 Å². The van der Waals surface area contributed by atoms with E-state index in [4.69, 9.17) is 17.0 Å². The van der Waals surface area contributed by atoms with Gasteiger partial charge in [0.1, 0.15) is 5.57 Å². The summed E-state index contributed by atoms with van der Waals surface area (Å²) >= 11 is 5.11. The number of aryl methyl sites for hydroxylation is 1. The Morgan fingerprint density at radius 3 is 2.37 bits per heavy atom.